The van der Waals surface area contributed by atoms with Gasteiger partial charge in [0.05, 0.1) is 6.61 Å². The maximum absolute atomic E-state index is 12.9. The van der Waals surface area contributed by atoms with E-state index in [4.69, 9.17) is 21.3 Å². The molecule has 5 aromatic rings. The molecule has 232 valence electrons. The Morgan fingerprint density at radius 1 is 0.932 bits per heavy atom. The molecule has 1 aromatic carbocycles. The Bertz CT molecular complexity index is 1660. The Kier molecular flexibility index (Phi) is 10.3. The van der Waals surface area contributed by atoms with Crippen molar-refractivity contribution in [2.45, 2.75) is 45.4 Å². The third kappa shape index (κ3) is 7.54. The van der Waals surface area contributed by atoms with Crippen LogP contribution in [0.4, 0.5) is 10.3 Å². The molecule has 4 aromatic heterocycles. The van der Waals surface area contributed by atoms with Gasteiger partial charge in [0.1, 0.15) is 15.5 Å². The molecule has 2 aliphatic heterocycles. The molecular weight excluding hydrogens is 615 g/mol. The summed E-state index contributed by atoms with van der Waals surface area (Å²) < 4.78 is 18.8. The number of fused-ring (bicyclic) bond motifs is 2. The van der Waals surface area contributed by atoms with Crippen molar-refractivity contribution >= 4 is 60.7 Å². The summed E-state index contributed by atoms with van der Waals surface area (Å²) in [5, 5.41) is 6.61. The molecule has 2 saturated heterocycles. The van der Waals surface area contributed by atoms with E-state index in [2.05, 4.69) is 44.0 Å². The van der Waals surface area contributed by atoms with Crippen LogP contribution in [-0.4, -0.2) is 70.8 Å². The molecule has 0 spiro atoms. The normalized spacial score (nSPS) is 16.2. The highest BCUT2D eigenvalue weighted by Crippen LogP contribution is 2.33. The number of hydrogen-bond acceptors (Lipinski definition) is 9. The number of piperidine rings is 1. The van der Waals surface area contributed by atoms with Crippen LogP contribution in [0.5, 0.6) is 0 Å². The van der Waals surface area contributed by atoms with E-state index < -0.39 is 0 Å². The number of aromatic nitrogens is 4. The quantitative estimate of drug-likeness (QED) is 0.123. The zero-order chi connectivity index (χ0) is 30.5. The first-order valence-corrected chi connectivity index (χ1v) is 17.5. The lowest BCUT2D eigenvalue weighted by Crippen LogP contribution is -2.36. The average molecular weight is 653 g/mol. The number of thiophene rings is 2. The Balaban J connectivity index is 0.000000173. The summed E-state index contributed by atoms with van der Waals surface area (Å²) in [5.74, 6) is 1.85. The number of nitrogens with zero attached hydrogens (tertiary/aromatic N) is 6. The van der Waals surface area contributed by atoms with Crippen molar-refractivity contribution in [3.8, 4) is 11.1 Å². The van der Waals surface area contributed by atoms with Crippen LogP contribution in [-0.2, 0) is 4.74 Å². The lowest BCUT2D eigenvalue weighted by atomic mass is 9.98. The number of benzene rings is 1. The van der Waals surface area contributed by atoms with Gasteiger partial charge in [0.25, 0.3) is 0 Å². The van der Waals surface area contributed by atoms with Gasteiger partial charge in [0.2, 0.25) is 11.2 Å². The fourth-order valence-corrected chi connectivity index (χ4v) is 8.00. The van der Waals surface area contributed by atoms with Crippen molar-refractivity contribution in [3.63, 3.8) is 0 Å². The fraction of sp³-hybridized carbons (Fsp3) is 0.455. The largest absolute Gasteiger partial charge is 0.380 e. The van der Waals surface area contributed by atoms with Crippen molar-refractivity contribution in [1.82, 2.24) is 24.8 Å². The van der Waals surface area contributed by atoms with Gasteiger partial charge >= 0.3 is 0 Å². The summed E-state index contributed by atoms with van der Waals surface area (Å²) in [6, 6.07) is 6.36. The Morgan fingerprint density at radius 3 is 2.39 bits per heavy atom. The van der Waals surface area contributed by atoms with Crippen LogP contribution in [0.15, 0.2) is 47.4 Å². The molecule has 0 amide bonds. The highest BCUT2D eigenvalue weighted by atomic mass is 35.5. The average Bonchev–Trinajstić information content (AvgIpc) is 3.80. The van der Waals surface area contributed by atoms with E-state index in [1.54, 1.807) is 29.7 Å². The van der Waals surface area contributed by atoms with Crippen molar-refractivity contribution < 1.29 is 9.13 Å². The van der Waals surface area contributed by atoms with Crippen molar-refractivity contribution in [2.75, 3.05) is 50.8 Å². The Labute approximate surface area is 271 Å². The maximum atomic E-state index is 12.9. The van der Waals surface area contributed by atoms with Gasteiger partial charge in [-0.25, -0.2) is 24.3 Å². The van der Waals surface area contributed by atoms with Crippen molar-refractivity contribution in [3.05, 3.63) is 64.1 Å². The molecule has 0 saturated carbocycles. The van der Waals surface area contributed by atoms with E-state index in [1.165, 1.54) is 73.2 Å². The lowest BCUT2D eigenvalue weighted by Gasteiger charge is -2.32. The standard InChI is InChI=1S/C21H32N4OS.C12H6ClFN2S/c1-16(2)19-15-27-20-18(19)13-22-21(23-20)25-9-5-17(6-10-25)14-26-12-11-24-7-3-4-8-24;13-12-15-5-9-10(6-17-11(9)16-12)7-1-3-8(14)4-2-7/h13,15-17H,3-12,14H2,1-2H3;1-6H. The zero-order valence-corrected chi connectivity index (χ0v) is 27.6. The molecule has 7 rings (SSSR count). The first kappa shape index (κ1) is 31.2. The van der Waals surface area contributed by atoms with E-state index in [0.717, 1.165) is 65.0 Å². The summed E-state index contributed by atoms with van der Waals surface area (Å²) >= 11 is 8.97. The van der Waals surface area contributed by atoms with Crippen molar-refractivity contribution in [2.24, 2.45) is 5.92 Å². The molecule has 7 nitrogen and oxygen atoms in total. The molecule has 0 atom stereocenters. The predicted octanol–water partition coefficient (Wildman–Crippen LogP) is 8.29. The molecular formula is C33H38ClFN6OS2. The number of hydrogen-bond donors (Lipinski definition) is 0. The van der Waals surface area contributed by atoms with Crippen LogP contribution < -0.4 is 4.90 Å². The highest BCUT2D eigenvalue weighted by molar-refractivity contribution is 7.17. The summed E-state index contributed by atoms with van der Waals surface area (Å²) in [4.78, 5) is 24.4. The van der Waals surface area contributed by atoms with E-state index in [-0.39, 0.29) is 11.1 Å². The minimum Gasteiger partial charge on any atom is -0.380 e. The maximum Gasteiger partial charge on any atom is 0.226 e. The predicted molar refractivity (Wildman–Crippen MR) is 181 cm³/mol. The number of anilines is 1. The lowest BCUT2D eigenvalue weighted by molar-refractivity contribution is 0.0752. The van der Waals surface area contributed by atoms with Gasteiger partial charge in [0.15, 0.2) is 0 Å². The molecule has 0 radical (unpaired) electrons. The van der Waals surface area contributed by atoms with E-state index in [0.29, 0.717) is 11.8 Å². The second-order valence-corrected chi connectivity index (χ2v) is 13.9. The number of rotatable bonds is 8. The molecule has 0 N–H and O–H groups in total. The fourth-order valence-electron chi connectivity index (χ4n) is 5.83. The molecule has 0 unspecified atom stereocenters. The van der Waals surface area contributed by atoms with Crippen molar-refractivity contribution in [1.29, 1.82) is 0 Å². The van der Waals surface area contributed by atoms with Crippen LogP contribution in [0.25, 0.3) is 31.6 Å². The van der Waals surface area contributed by atoms with Gasteiger partial charge in [-0.05, 0) is 90.8 Å². The van der Waals surface area contributed by atoms with Gasteiger partial charge in [-0.2, -0.15) is 0 Å². The summed E-state index contributed by atoms with van der Waals surface area (Å²) in [7, 11) is 0. The first-order chi connectivity index (χ1) is 21.4. The van der Waals surface area contributed by atoms with Crippen LogP contribution in [0, 0.1) is 11.7 Å². The molecule has 6 heterocycles. The van der Waals surface area contributed by atoms with Crippen LogP contribution in [0.3, 0.4) is 0 Å². The SMILES string of the molecule is CC(C)c1csc2nc(N3CCC(COCCN4CCCC4)CC3)ncc12.Fc1ccc(-c2csc3nc(Cl)ncc23)cc1. The molecule has 11 heteroatoms. The number of likely N-dealkylation sites (tertiary alicyclic amines) is 1. The topological polar surface area (TPSA) is 67.3 Å². The molecule has 44 heavy (non-hydrogen) atoms. The third-order valence-corrected chi connectivity index (χ3v) is 10.4. The Hall–Kier alpha value is -2.76. The molecule has 0 bridgehead atoms. The van der Waals surface area contributed by atoms with Crippen LogP contribution in [0.2, 0.25) is 5.28 Å². The monoisotopic (exact) mass is 652 g/mol. The zero-order valence-electron chi connectivity index (χ0n) is 25.2. The highest BCUT2D eigenvalue weighted by Gasteiger charge is 2.22. The Morgan fingerprint density at radius 2 is 1.64 bits per heavy atom. The second kappa shape index (κ2) is 14.6. The minimum atomic E-state index is -0.243. The van der Waals surface area contributed by atoms with Gasteiger partial charge in [-0.15, -0.1) is 22.7 Å². The minimum absolute atomic E-state index is 0.241. The van der Waals surface area contributed by atoms with Gasteiger partial charge in [-0.1, -0.05) is 26.0 Å². The van der Waals surface area contributed by atoms with E-state index in [9.17, 15) is 4.39 Å². The summed E-state index contributed by atoms with van der Waals surface area (Å²) in [6.07, 6.45) is 8.78. The summed E-state index contributed by atoms with van der Waals surface area (Å²) in [5.41, 5.74) is 3.32. The van der Waals surface area contributed by atoms with Crippen LogP contribution >= 0.6 is 34.3 Å². The van der Waals surface area contributed by atoms with Crippen LogP contribution in [0.1, 0.15) is 51.0 Å². The second-order valence-electron chi connectivity index (χ2n) is 11.8. The van der Waals surface area contributed by atoms with E-state index in [1.807, 2.05) is 11.6 Å². The smallest absolute Gasteiger partial charge is 0.226 e. The molecule has 2 fully saturated rings. The third-order valence-electron chi connectivity index (χ3n) is 8.43. The van der Waals surface area contributed by atoms with Gasteiger partial charge in [-0.3, -0.25) is 0 Å². The molecule has 2 aliphatic rings. The summed E-state index contributed by atoms with van der Waals surface area (Å²) in [6.45, 7) is 11.9. The first-order valence-electron chi connectivity index (χ1n) is 15.4. The number of halogens is 2. The number of ether oxygens (including phenoxy) is 1. The van der Waals surface area contributed by atoms with E-state index >= 15 is 0 Å². The van der Waals surface area contributed by atoms with Gasteiger partial charge in [0, 0.05) is 60.4 Å². The molecule has 0 aliphatic carbocycles. The van der Waals surface area contributed by atoms with Gasteiger partial charge < -0.3 is 14.5 Å².